The van der Waals surface area contributed by atoms with Gasteiger partial charge in [-0.25, -0.2) is 0 Å². The molecule has 0 aromatic heterocycles. The molecule has 1 aliphatic heterocycles. The molecule has 1 fully saturated rings. The van der Waals surface area contributed by atoms with E-state index in [0.29, 0.717) is 0 Å². The number of aliphatic hydroxyl groups is 1. The molecular formula is C15H23NO3. The van der Waals surface area contributed by atoms with Crippen molar-refractivity contribution in [1.82, 2.24) is 5.32 Å². The van der Waals surface area contributed by atoms with Crippen molar-refractivity contribution in [2.75, 3.05) is 27.3 Å². The van der Waals surface area contributed by atoms with Gasteiger partial charge in [0.15, 0.2) is 0 Å². The number of nitrogens with one attached hydrogen (secondary N) is 1. The number of benzene rings is 1. The van der Waals surface area contributed by atoms with Crippen LogP contribution in [0.3, 0.4) is 0 Å². The summed E-state index contributed by atoms with van der Waals surface area (Å²) in [5.74, 6) is 1.75. The van der Waals surface area contributed by atoms with Crippen molar-refractivity contribution in [3.05, 3.63) is 23.3 Å². The summed E-state index contributed by atoms with van der Waals surface area (Å²) >= 11 is 0. The first-order valence-electron chi connectivity index (χ1n) is 6.78. The minimum absolute atomic E-state index is 0.232. The molecule has 0 radical (unpaired) electrons. The van der Waals surface area contributed by atoms with E-state index in [4.69, 9.17) is 9.47 Å². The lowest BCUT2D eigenvalue weighted by atomic mass is 9.88. The van der Waals surface area contributed by atoms with Gasteiger partial charge in [-0.2, -0.15) is 0 Å². The number of hydrogen-bond acceptors (Lipinski definition) is 4. The average Bonchev–Trinajstić information content (AvgIpc) is 2.47. The number of ether oxygens (including phenoxy) is 2. The van der Waals surface area contributed by atoms with E-state index < -0.39 is 6.10 Å². The Bertz CT molecular complexity index is 428. The lowest BCUT2D eigenvalue weighted by Crippen LogP contribution is -2.33. The largest absolute Gasteiger partial charge is 0.496 e. The van der Waals surface area contributed by atoms with E-state index in [2.05, 4.69) is 5.32 Å². The van der Waals surface area contributed by atoms with Crippen LogP contribution in [0.1, 0.15) is 30.1 Å². The summed E-state index contributed by atoms with van der Waals surface area (Å²) < 4.78 is 10.7. The Hall–Kier alpha value is -1.26. The fourth-order valence-corrected chi connectivity index (χ4v) is 2.71. The Labute approximate surface area is 114 Å². The molecule has 1 aromatic rings. The van der Waals surface area contributed by atoms with Crippen molar-refractivity contribution in [3.8, 4) is 11.5 Å². The molecule has 2 N–H and O–H groups in total. The first-order chi connectivity index (χ1) is 9.17. The molecular weight excluding hydrogens is 242 g/mol. The second-order valence-corrected chi connectivity index (χ2v) is 5.12. The molecule has 0 aliphatic carbocycles. The zero-order valence-corrected chi connectivity index (χ0v) is 11.9. The van der Waals surface area contributed by atoms with Crippen LogP contribution in [-0.4, -0.2) is 32.4 Å². The molecule has 2 atom stereocenters. The highest BCUT2D eigenvalue weighted by molar-refractivity contribution is 5.47. The molecule has 1 heterocycles. The summed E-state index contributed by atoms with van der Waals surface area (Å²) in [6.07, 6.45) is 1.62. The number of aryl methyl sites for hydroxylation is 1. The van der Waals surface area contributed by atoms with Crippen molar-refractivity contribution in [2.45, 2.75) is 25.9 Å². The maximum atomic E-state index is 10.6. The van der Waals surface area contributed by atoms with Gasteiger partial charge in [-0.15, -0.1) is 0 Å². The van der Waals surface area contributed by atoms with Gasteiger partial charge < -0.3 is 19.9 Å². The highest BCUT2D eigenvalue weighted by Crippen LogP contribution is 2.37. The molecule has 0 spiro atoms. The Balaban J connectivity index is 2.30. The van der Waals surface area contributed by atoms with E-state index in [-0.39, 0.29) is 5.92 Å². The van der Waals surface area contributed by atoms with Crippen LogP contribution in [-0.2, 0) is 0 Å². The van der Waals surface area contributed by atoms with Crippen LogP contribution < -0.4 is 14.8 Å². The number of aliphatic hydroxyl groups excluding tert-OH is 1. The topological polar surface area (TPSA) is 50.7 Å². The van der Waals surface area contributed by atoms with Crippen LogP contribution in [0.4, 0.5) is 0 Å². The van der Waals surface area contributed by atoms with Crippen LogP contribution in [0.15, 0.2) is 12.1 Å². The summed E-state index contributed by atoms with van der Waals surface area (Å²) in [4.78, 5) is 0. The summed E-state index contributed by atoms with van der Waals surface area (Å²) in [6, 6.07) is 3.82. The van der Waals surface area contributed by atoms with E-state index in [1.165, 1.54) is 0 Å². The molecule has 0 saturated carbocycles. The summed E-state index contributed by atoms with van der Waals surface area (Å²) in [6.45, 7) is 3.86. The van der Waals surface area contributed by atoms with E-state index in [1.54, 1.807) is 14.2 Å². The second kappa shape index (κ2) is 6.26. The van der Waals surface area contributed by atoms with E-state index in [1.807, 2.05) is 19.1 Å². The maximum absolute atomic E-state index is 10.6. The highest BCUT2D eigenvalue weighted by atomic mass is 16.5. The van der Waals surface area contributed by atoms with Crippen molar-refractivity contribution in [3.63, 3.8) is 0 Å². The lowest BCUT2D eigenvalue weighted by Gasteiger charge is -2.28. The Morgan fingerprint density at radius 2 is 2.00 bits per heavy atom. The van der Waals surface area contributed by atoms with Crippen LogP contribution in [0.2, 0.25) is 0 Å². The van der Waals surface area contributed by atoms with Gasteiger partial charge in [0.05, 0.1) is 20.3 Å². The van der Waals surface area contributed by atoms with E-state index in [9.17, 15) is 5.11 Å². The first-order valence-corrected chi connectivity index (χ1v) is 6.78. The van der Waals surface area contributed by atoms with Gasteiger partial charge in [-0.1, -0.05) is 0 Å². The normalized spacial score (nSPS) is 20.9. The number of methoxy groups -OCH3 is 2. The molecule has 1 aliphatic rings. The molecule has 19 heavy (non-hydrogen) atoms. The molecule has 4 nitrogen and oxygen atoms in total. The Morgan fingerprint density at radius 1 is 1.26 bits per heavy atom. The molecule has 106 valence electrons. The van der Waals surface area contributed by atoms with Gasteiger partial charge in [0.2, 0.25) is 0 Å². The fraction of sp³-hybridized carbons (Fsp3) is 0.600. The minimum Gasteiger partial charge on any atom is -0.496 e. The molecule has 2 rings (SSSR count). The smallest absolute Gasteiger partial charge is 0.125 e. The molecule has 4 heteroatoms. The van der Waals surface area contributed by atoms with Crippen LogP contribution >= 0.6 is 0 Å². The standard InChI is InChI=1S/C15H23NO3/c1-10-7-14(19-3)12(8-13(10)18-2)15(17)11-5-4-6-16-9-11/h7-8,11,15-17H,4-6,9H2,1-3H3. The third-order valence-electron chi connectivity index (χ3n) is 3.85. The third kappa shape index (κ3) is 3.01. The number of piperidine rings is 1. The Kier molecular flexibility index (Phi) is 4.66. The van der Waals surface area contributed by atoms with Gasteiger partial charge >= 0.3 is 0 Å². The van der Waals surface area contributed by atoms with Crippen molar-refractivity contribution >= 4 is 0 Å². The molecule has 0 bridgehead atoms. The maximum Gasteiger partial charge on any atom is 0.125 e. The SMILES string of the molecule is COc1cc(C(O)C2CCCNC2)c(OC)cc1C. The summed E-state index contributed by atoms with van der Waals surface area (Å²) in [5, 5.41) is 13.9. The molecule has 1 saturated heterocycles. The van der Waals surface area contributed by atoms with Gasteiger partial charge in [-0.05, 0) is 44.0 Å². The zero-order chi connectivity index (χ0) is 13.8. The number of rotatable bonds is 4. The van der Waals surface area contributed by atoms with Gasteiger partial charge in [0, 0.05) is 18.0 Å². The van der Waals surface area contributed by atoms with E-state index >= 15 is 0 Å². The fourth-order valence-electron chi connectivity index (χ4n) is 2.71. The Morgan fingerprint density at radius 3 is 2.58 bits per heavy atom. The van der Waals surface area contributed by atoms with Crippen LogP contribution in [0.25, 0.3) is 0 Å². The third-order valence-corrected chi connectivity index (χ3v) is 3.85. The summed E-state index contributed by atoms with van der Waals surface area (Å²) in [5.41, 5.74) is 1.83. The van der Waals surface area contributed by atoms with Gasteiger partial charge in [0.1, 0.15) is 11.5 Å². The first kappa shape index (κ1) is 14.2. The quantitative estimate of drug-likeness (QED) is 0.875. The monoisotopic (exact) mass is 265 g/mol. The number of hydrogen-bond donors (Lipinski definition) is 2. The predicted octanol–water partition coefficient (Wildman–Crippen LogP) is 2.05. The molecule has 2 unspecified atom stereocenters. The average molecular weight is 265 g/mol. The molecule has 0 amide bonds. The van der Waals surface area contributed by atoms with Crippen molar-refractivity contribution < 1.29 is 14.6 Å². The lowest BCUT2D eigenvalue weighted by molar-refractivity contribution is 0.0894. The zero-order valence-electron chi connectivity index (χ0n) is 11.9. The van der Waals surface area contributed by atoms with Crippen molar-refractivity contribution in [2.24, 2.45) is 5.92 Å². The molecule has 1 aromatic carbocycles. The van der Waals surface area contributed by atoms with Crippen LogP contribution in [0, 0.1) is 12.8 Å². The minimum atomic E-state index is -0.516. The van der Waals surface area contributed by atoms with Gasteiger partial charge in [-0.3, -0.25) is 0 Å². The second-order valence-electron chi connectivity index (χ2n) is 5.12. The van der Waals surface area contributed by atoms with Crippen molar-refractivity contribution in [1.29, 1.82) is 0 Å². The van der Waals surface area contributed by atoms with Gasteiger partial charge in [0.25, 0.3) is 0 Å². The predicted molar refractivity (Wildman–Crippen MR) is 74.8 cm³/mol. The van der Waals surface area contributed by atoms with E-state index in [0.717, 1.165) is 48.6 Å². The highest BCUT2D eigenvalue weighted by Gasteiger charge is 2.26. The summed E-state index contributed by atoms with van der Waals surface area (Å²) in [7, 11) is 3.28. The van der Waals surface area contributed by atoms with Crippen LogP contribution in [0.5, 0.6) is 11.5 Å².